The fourth-order valence-corrected chi connectivity index (χ4v) is 3.43. The lowest BCUT2D eigenvalue weighted by molar-refractivity contribution is 0.832. The summed E-state index contributed by atoms with van der Waals surface area (Å²) in [5.41, 5.74) is 9.72. The van der Waals surface area contributed by atoms with E-state index in [1.165, 1.54) is 11.3 Å². The molecule has 0 unspecified atom stereocenters. The van der Waals surface area contributed by atoms with Gasteiger partial charge in [0.2, 0.25) is 0 Å². The van der Waals surface area contributed by atoms with Crippen LogP contribution in [0.1, 0.15) is 29.2 Å². The summed E-state index contributed by atoms with van der Waals surface area (Å²) < 4.78 is 0. The summed E-state index contributed by atoms with van der Waals surface area (Å²) in [7, 11) is 0. The molecular weight excluding hydrogens is 388 g/mol. The molecule has 0 saturated carbocycles. The third kappa shape index (κ3) is 5.91. The van der Waals surface area contributed by atoms with Gasteiger partial charge in [0.15, 0.2) is 5.11 Å². The summed E-state index contributed by atoms with van der Waals surface area (Å²) in [5.74, 6) is 0. The zero-order valence-corrected chi connectivity index (χ0v) is 18.5. The Bertz CT molecular complexity index is 977. The van der Waals surface area contributed by atoms with Crippen LogP contribution in [-0.2, 0) is 6.54 Å². The van der Waals surface area contributed by atoms with E-state index in [0.29, 0.717) is 5.11 Å². The zero-order valence-electron chi connectivity index (χ0n) is 17.7. The minimum Gasteiger partial charge on any atom is -0.367 e. The molecule has 0 heterocycles. The van der Waals surface area contributed by atoms with Gasteiger partial charge in [0.25, 0.3) is 0 Å². The Morgan fingerprint density at radius 1 is 0.933 bits per heavy atom. The second-order valence-electron chi connectivity index (χ2n) is 7.18. The lowest BCUT2D eigenvalue weighted by Gasteiger charge is -2.23. The number of rotatable bonds is 7. The number of thiocarbonyl (C=S) groups is 1. The second kappa shape index (κ2) is 10.6. The molecule has 0 saturated heterocycles. The first-order valence-electron chi connectivity index (χ1n) is 10.1. The van der Waals surface area contributed by atoms with Gasteiger partial charge < -0.3 is 10.2 Å². The maximum atomic E-state index is 5.36. The molecule has 154 valence electrons. The first-order valence-corrected chi connectivity index (χ1v) is 10.5. The summed E-state index contributed by atoms with van der Waals surface area (Å²) in [4.78, 5) is 2.35. The molecule has 0 amide bonds. The van der Waals surface area contributed by atoms with Crippen molar-refractivity contribution in [1.29, 1.82) is 0 Å². The highest BCUT2D eigenvalue weighted by Gasteiger charge is 2.05. The van der Waals surface area contributed by atoms with Gasteiger partial charge in [-0.05, 0) is 67.4 Å². The van der Waals surface area contributed by atoms with Crippen molar-refractivity contribution in [2.45, 2.75) is 27.3 Å². The highest BCUT2D eigenvalue weighted by Crippen LogP contribution is 2.19. The van der Waals surface area contributed by atoms with E-state index in [9.17, 15) is 0 Å². The Morgan fingerprint density at radius 3 is 2.23 bits per heavy atom. The molecule has 30 heavy (non-hydrogen) atoms. The predicted molar refractivity (Wildman–Crippen MR) is 132 cm³/mol. The smallest absolute Gasteiger partial charge is 0.191 e. The van der Waals surface area contributed by atoms with Crippen LogP contribution in [-0.4, -0.2) is 17.9 Å². The second-order valence-corrected chi connectivity index (χ2v) is 7.59. The third-order valence-electron chi connectivity index (χ3n) is 4.96. The van der Waals surface area contributed by atoms with E-state index in [1.807, 2.05) is 12.1 Å². The van der Waals surface area contributed by atoms with E-state index < -0.39 is 0 Å². The summed E-state index contributed by atoms with van der Waals surface area (Å²) in [5, 5.41) is 7.96. The standard InChI is InChI=1S/C25H28N4S/c1-4-29(18-22-11-6-5-7-12-22)23-15-13-21(14-16-23)17-26-28-25(30)27-24-19(2)9-8-10-20(24)3/h5-17H,4,18H2,1-3H3,(H2,27,28,30)/b26-17+. The van der Waals surface area contributed by atoms with Gasteiger partial charge in [-0.15, -0.1) is 0 Å². The van der Waals surface area contributed by atoms with Gasteiger partial charge in [-0.1, -0.05) is 60.7 Å². The highest BCUT2D eigenvalue weighted by atomic mass is 32.1. The molecular formula is C25H28N4S. The van der Waals surface area contributed by atoms with Crippen LogP contribution in [0.2, 0.25) is 0 Å². The van der Waals surface area contributed by atoms with Crippen molar-refractivity contribution < 1.29 is 0 Å². The number of hydrogen-bond donors (Lipinski definition) is 2. The van der Waals surface area contributed by atoms with Crippen LogP contribution >= 0.6 is 12.2 Å². The average molecular weight is 417 g/mol. The van der Waals surface area contributed by atoms with E-state index in [-0.39, 0.29) is 0 Å². The number of benzene rings is 3. The Balaban J connectivity index is 1.57. The number of para-hydroxylation sites is 1. The van der Waals surface area contributed by atoms with Gasteiger partial charge in [0.1, 0.15) is 0 Å². The van der Waals surface area contributed by atoms with Crippen LogP contribution in [0.4, 0.5) is 11.4 Å². The number of anilines is 2. The number of hydrazone groups is 1. The fraction of sp³-hybridized carbons (Fsp3) is 0.200. The Morgan fingerprint density at radius 2 is 1.60 bits per heavy atom. The molecule has 2 N–H and O–H groups in total. The van der Waals surface area contributed by atoms with Crippen molar-refractivity contribution in [3.05, 3.63) is 95.1 Å². The number of nitrogens with one attached hydrogen (secondary N) is 2. The topological polar surface area (TPSA) is 39.7 Å². The Hall–Kier alpha value is -3.18. The van der Waals surface area contributed by atoms with Crippen LogP contribution in [0.3, 0.4) is 0 Å². The van der Waals surface area contributed by atoms with E-state index in [1.54, 1.807) is 6.21 Å². The molecule has 0 aliphatic carbocycles. The van der Waals surface area contributed by atoms with Gasteiger partial charge in [-0.3, -0.25) is 5.43 Å². The molecule has 0 radical (unpaired) electrons. The first-order chi connectivity index (χ1) is 14.6. The molecule has 0 aliphatic heterocycles. The van der Waals surface area contributed by atoms with Gasteiger partial charge in [0, 0.05) is 24.5 Å². The Kier molecular flexibility index (Phi) is 7.57. The van der Waals surface area contributed by atoms with Crippen LogP contribution < -0.4 is 15.6 Å². The van der Waals surface area contributed by atoms with Crippen molar-refractivity contribution >= 4 is 34.9 Å². The lowest BCUT2D eigenvalue weighted by atomic mass is 10.1. The van der Waals surface area contributed by atoms with E-state index >= 15 is 0 Å². The monoisotopic (exact) mass is 416 g/mol. The molecule has 0 atom stereocenters. The minimum atomic E-state index is 0.472. The van der Waals surface area contributed by atoms with Crippen LogP contribution in [0.5, 0.6) is 0 Å². The van der Waals surface area contributed by atoms with E-state index in [4.69, 9.17) is 12.2 Å². The van der Waals surface area contributed by atoms with Gasteiger partial charge in [-0.25, -0.2) is 0 Å². The van der Waals surface area contributed by atoms with Crippen molar-refractivity contribution in [2.24, 2.45) is 5.10 Å². The molecule has 4 nitrogen and oxygen atoms in total. The van der Waals surface area contributed by atoms with Crippen molar-refractivity contribution in [3.63, 3.8) is 0 Å². The number of aryl methyl sites for hydroxylation is 2. The normalized spacial score (nSPS) is 10.8. The largest absolute Gasteiger partial charge is 0.367 e. The lowest BCUT2D eigenvalue weighted by Crippen LogP contribution is -2.24. The molecule has 0 spiro atoms. The molecule has 0 aliphatic rings. The van der Waals surface area contributed by atoms with Crippen molar-refractivity contribution in [3.8, 4) is 0 Å². The van der Waals surface area contributed by atoms with Crippen molar-refractivity contribution in [1.82, 2.24) is 5.43 Å². The zero-order chi connectivity index (χ0) is 21.3. The number of nitrogens with zero attached hydrogens (tertiary/aromatic N) is 2. The predicted octanol–water partition coefficient (Wildman–Crippen LogP) is 5.65. The van der Waals surface area contributed by atoms with Crippen LogP contribution in [0, 0.1) is 13.8 Å². The molecule has 0 fully saturated rings. The fourth-order valence-electron chi connectivity index (χ4n) is 3.28. The molecule has 3 aromatic rings. The Labute approximate surface area is 184 Å². The third-order valence-corrected chi connectivity index (χ3v) is 5.15. The van der Waals surface area contributed by atoms with Gasteiger partial charge in [0.05, 0.1) is 6.21 Å². The molecule has 3 aromatic carbocycles. The number of hydrogen-bond acceptors (Lipinski definition) is 3. The van der Waals surface area contributed by atoms with Gasteiger partial charge in [-0.2, -0.15) is 5.10 Å². The summed E-state index contributed by atoms with van der Waals surface area (Å²) in [6, 6.07) is 25.0. The van der Waals surface area contributed by atoms with E-state index in [2.05, 4.69) is 102 Å². The van der Waals surface area contributed by atoms with Crippen LogP contribution in [0.15, 0.2) is 77.9 Å². The SMILES string of the molecule is CCN(Cc1ccccc1)c1ccc(/C=N/NC(=S)Nc2c(C)cccc2C)cc1. The maximum absolute atomic E-state index is 5.36. The molecule has 0 bridgehead atoms. The van der Waals surface area contributed by atoms with Crippen LogP contribution in [0.25, 0.3) is 0 Å². The van der Waals surface area contributed by atoms with Gasteiger partial charge >= 0.3 is 0 Å². The quantitative estimate of drug-likeness (QED) is 0.297. The average Bonchev–Trinajstić information content (AvgIpc) is 2.76. The molecule has 0 aromatic heterocycles. The summed E-state index contributed by atoms with van der Waals surface area (Å²) >= 11 is 5.36. The molecule has 5 heteroatoms. The summed E-state index contributed by atoms with van der Waals surface area (Å²) in [6.07, 6.45) is 1.77. The van der Waals surface area contributed by atoms with E-state index in [0.717, 1.165) is 35.5 Å². The maximum Gasteiger partial charge on any atom is 0.191 e. The highest BCUT2D eigenvalue weighted by molar-refractivity contribution is 7.80. The minimum absolute atomic E-state index is 0.472. The summed E-state index contributed by atoms with van der Waals surface area (Å²) in [6.45, 7) is 8.12. The molecule has 3 rings (SSSR count). The van der Waals surface area contributed by atoms with Crippen molar-refractivity contribution in [2.75, 3.05) is 16.8 Å². The first kappa shape index (κ1) is 21.5.